The summed E-state index contributed by atoms with van der Waals surface area (Å²) in [7, 11) is 0. The van der Waals surface area contributed by atoms with Crippen LogP contribution < -0.4 is 9.80 Å². The summed E-state index contributed by atoms with van der Waals surface area (Å²) >= 11 is 0. The normalized spacial score (nSPS) is 14.4. The van der Waals surface area contributed by atoms with E-state index in [4.69, 9.17) is 0 Å². The van der Waals surface area contributed by atoms with Gasteiger partial charge in [0.2, 0.25) is 0 Å². The van der Waals surface area contributed by atoms with Crippen LogP contribution in [0.3, 0.4) is 0 Å². The summed E-state index contributed by atoms with van der Waals surface area (Å²) in [5, 5.41) is 0. The first-order chi connectivity index (χ1) is 24.4. The van der Waals surface area contributed by atoms with Gasteiger partial charge in [-0.3, -0.25) is 4.98 Å². The summed E-state index contributed by atoms with van der Waals surface area (Å²) < 4.78 is 2.07. The van der Waals surface area contributed by atoms with Crippen molar-refractivity contribution in [2.75, 3.05) is 22.9 Å². The van der Waals surface area contributed by atoms with E-state index in [1.54, 1.807) is 6.20 Å². The topological polar surface area (TPSA) is 43.2 Å². The zero-order valence-electron chi connectivity index (χ0n) is 32.2. The molecule has 2 aliphatic rings. The van der Waals surface area contributed by atoms with E-state index in [-0.39, 0.29) is 20.1 Å². The largest absolute Gasteiger partial charge is 0.505 e. The van der Waals surface area contributed by atoms with Crippen molar-refractivity contribution in [3.8, 4) is 11.3 Å². The Morgan fingerprint density at radius 3 is 1.69 bits per heavy atom. The number of unbranched alkanes of at least 4 members (excludes halogenated alkanes) is 1. The van der Waals surface area contributed by atoms with Crippen LogP contribution in [-0.2, 0) is 20.1 Å². The second-order valence-corrected chi connectivity index (χ2v) is 13.9. The summed E-state index contributed by atoms with van der Waals surface area (Å²) in [4.78, 5) is 18.3. The molecule has 2 aromatic heterocycles. The monoisotopic (exact) mass is 869 g/mol. The molecular weight excluding hydrogens is 819 g/mol. The zero-order chi connectivity index (χ0) is 36.4. The SMILES string of the molecule is CC1=C(C)N(c2[c-]c(C)cc(C)c2)[CH-]N1CCCCN1[CH-]N(c2[c-]c(C)cc(C)c2)C(C)=C1C.Cc1nc2c(-c3[c-]cccc3)nccn2c1C.[Ir]. The summed E-state index contributed by atoms with van der Waals surface area (Å²) in [6.45, 7) is 28.0. The summed E-state index contributed by atoms with van der Waals surface area (Å²) in [5.41, 5.74) is 17.3. The Morgan fingerprint density at radius 2 is 1.21 bits per heavy atom. The number of allylic oxidation sites excluding steroid dienone is 4. The molecule has 0 N–H and O–H groups in total. The molecule has 0 spiro atoms. The molecule has 0 atom stereocenters. The van der Waals surface area contributed by atoms with Gasteiger partial charge in [-0.25, -0.2) is 4.98 Å². The predicted octanol–water partition coefficient (Wildman–Crippen LogP) is 9.80. The van der Waals surface area contributed by atoms with Crippen LogP contribution in [0.15, 0.2) is 83.7 Å². The van der Waals surface area contributed by atoms with Crippen LogP contribution in [0, 0.1) is 73.1 Å². The molecule has 3 aromatic carbocycles. The molecule has 1 radical (unpaired) electrons. The van der Waals surface area contributed by atoms with Crippen LogP contribution in [0.2, 0.25) is 0 Å². The molecule has 0 bridgehead atoms. The van der Waals surface area contributed by atoms with Gasteiger partial charge in [-0.15, -0.1) is 59.4 Å². The number of rotatable bonds is 8. The van der Waals surface area contributed by atoms with Crippen LogP contribution in [0.4, 0.5) is 11.4 Å². The van der Waals surface area contributed by atoms with E-state index in [1.165, 1.54) is 45.0 Å². The molecule has 275 valence electrons. The van der Waals surface area contributed by atoms with E-state index in [1.807, 2.05) is 37.4 Å². The third-order valence-electron chi connectivity index (χ3n) is 9.96. The molecule has 52 heavy (non-hydrogen) atoms. The van der Waals surface area contributed by atoms with Gasteiger partial charge < -0.3 is 24.0 Å². The molecule has 0 saturated carbocycles. The van der Waals surface area contributed by atoms with Gasteiger partial charge in [0, 0.05) is 55.3 Å². The number of benzene rings is 3. The van der Waals surface area contributed by atoms with Gasteiger partial charge in [-0.1, -0.05) is 27.7 Å². The van der Waals surface area contributed by atoms with Gasteiger partial charge in [-0.05, 0) is 78.9 Å². The van der Waals surface area contributed by atoms with E-state index < -0.39 is 0 Å². The molecule has 7 rings (SSSR count). The predicted molar refractivity (Wildman–Crippen MR) is 209 cm³/mol. The number of fused-ring (bicyclic) bond motifs is 1. The van der Waals surface area contributed by atoms with E-state index in [9.17, 15) is 0 Å². The molecule has 0 unspecified atom stereocenters. The average molecular weight is 869 g/mol. The maximum atomic E-state index is 4.57. The van der Waals surface area contributed by atoms with Crippen LogP contribution in [-0.4, -0.2) is 37.3 Å². The third kappa shape index (κ3) is 8.29. The van der Waals surface area contributed by atoms with Gasteiger partial charge >= 0.3 is 0 Å². The molecule has 0 fully saturated rings. The number of hydrogen-bond donors (Lipinski definition) is 0. The second-order valence-electron chi connectivity index (χ2n) is 13.9. The number of hydrogen-bond acceptors (Lipinski definition) is 6. The van der Waals surface area contributed by atoms with Gasteiger partial charge in [0.1, 0.15) is 5.65 Å². The van der Waals surface area contributed by atoms with Crippen LogP contribution in [0.5, 0.6) is 0 Å². The molecule has 2 aliphatic heterocycles. The maximum absolute atomic E-state index is 4.57. The maximum Gasteiger partial charge on any atom is 0.120 e. The smallest absolute Gasteiger partial charge is 0.120 e. The van der Waals surface area contributed by atoms with Gasteiger partial charge in [-0.2, -0.15) is 59.9 Å². The molecule has 0 aliphatic carbocycles. The number of aryl methyl sites for hydroxylation is 6. The fraction of sp³-hybridized carbons (Fsp3) is 0.318. The number of nitrogens with zero attached hydrogens (tertiary/aromatic N) is 7. The first-order valence-electron chi connectivity index (χ1n) is 17.9. The van der Waals surface area contributed by atoms with Crippen molar-refractivity contribution in [3.63, 3.8) is 0 Å². The van der Waals surface area contributed by atoms with Crippen molar-refractivity contribution in [1.29, 1.82) is 0 Å². The minimum absolute atomic E-state index is 0. The zero-order valence-corrected chi connectivity index (χ0v) is 34.6. The van der Waals surface area contributed by atoms with Crippen molar-refractivity contribution >= 4 is 17.0 Å². The molecule has 4 heterocycles. The Morgan fingerprint density at radius 1 is 0.673 bits per heavy atom. The summed E-state index contributed by atoms with van der Waals surface area (Å²) in [6.07, 6.45) is 6.02. The summed E-state index contributed by atoms with van der Waals surface area (Å²) in [6, 6.07) is 26.8. The molecular formula is C44H50IrN7-5. The van der Waals surface area contributed by atoms with E-state index in [2.05, 4.69) is 152 Å². The first kappa shape index (κ1) is 38.8. The average Bonchev–Trinajstić information content (AvgIpc) is 3.67. The first-order valence-corrected chi connectivity index (χ1v) is 17.9. The second kappa shape index (κ2) is 16.5. The Hall–Kier alpha value is -4.39. The van der Waals surface area contributed by atoms with Gasteiger partial charge in [0.25, 0.3) is 0 Å². The van der Waals surface area contributed by atoms with Crippen LogP contribution in [0.25, 0.3) is 16.9 Å². The van der Waals surface area contributed by atoms with Gasteiger partial charge in [0.05, 0.1) is 5.69 Å². The standard InChI is InChI=1S/C30H38N4.C14H12N3.Ir/c1-21-13-22(2)16-29(15-21)33-19-31(25(5)27(33)7)11-9-10-12-32-20-34(28(8)26(32)6)30-17-23(3)14-24(4)18-30;1-10-11(2)17-9-8-15-13(14(17)16-10)12-6-4-3-5-7-12;/h13-15,17,19-20H,9-12H2,1-8H3;3-6,8-9H,1-2H3;/q-4;-1;. The number of anilines is 2. The summed E-state index contributed by atoms with van der Waals surface area (Å²) in [5.74, 6) is 0. The van der Waals surface area contributed by atoms with E-state index >= 15 is 0 Å². The molecule has 0 amide bonds. The third-order valence-corrected chi connectivity index (χ3v) is 9.96. The van der Waals surface area contributed by atoms with Crippen molar-refractivity contribution in [3.05, 3.63) is 149 Å². The fourth-order valence-electron chi connectivity index (χ4n) is 6.84. The fourth-order valence-corrected chi connectivity index (χ4v) is 6.84. The number of aromatic nitrogens is 3. The van der Waals surface area contributed by atoms with Crippen molar-refractivity contribution in [1.82, 2.24) is 24.2 Å². The Labute approximate surface area is 325 Å². The minimum Gasteiger partial charge on any atom is -0.505 e. The van der Waals surface area contributed by atoms with Gasteiger partial charge in [0.15, 0.2) is 0 Å². The van der Waals surface area contributed by atoms with Crippen molar-refractivity contribution in [2.45, 2.75) is 82.1 Å². The Balaban J connectivity index is 0.000000243. The molecule has 5 aromatic rings. The van der Waals surface area contributed by atoms with Crippen molar-refractivity contribution in [2.24, 2.45) is 0 Å². The van der Waals surface area contributed by atoms with Crippen molar-refractivity contribution < 1.29 is 20.1 Å². The number of imidazole rings is 1. The quantitative estimate of drug-likeness (QED) is 0.114. The Kier molecular flexibility index (Phi) is 12.3. The Bertz CT molecular complexity index is 1960. The molecule has 8 heteroatoms. The molecule has 7 nitrogen and oxygen atoms in total. The van der Waals surface area contributed by atoms with E-state index in [0.29, 0.717) is 0 Å². The van der Waals surface area contributed by atoms with Crippen LogP contribution >= 0.6 is 0 Å². The van der Waals surface area contributed by atoms with Crippen LogP contribution in [0.1, 0.15) is 74.2 Å². The van der Waals surface area contributed by atoms with E-state index in [0.717, 1.165) is 65.6 Å². The minimum atomic E-state index is 0. The molecule has 0 saturated heterocycles.